The van der Waals surface area contributed by atoms with Crippen LogP contribution in [-0.4, -0.2) is 96.8 Å². The maximum atomic E-state index is 13.5. The number of nitrogens with one attached hydrogen (secondary N) is 1. The van der Waals surface area contributed by atoms with E-state index in [1.807, 2.05) is 13.0 Å². The summed E-state index contributed by atoms with van der Waals surface area (Å²) in [7, 11) is 0. The van der Waals surface area contributed by atoms with E-state index >= 15 is 0 Å². The van der Waals surface area contributed by atoms with Crippen LogP contribution >= 0.6 is 0 Å². The largest absolute Gasteiger partial charge is 0.508 e. The van der Waals surface area contributed by atoms with Crippen molar-refractivity contribution in [2.24, 2.45) is 10.9 Å². The first-order chi connectivity index (χ1) is 27.3. The fourth-order valence-corrected chi connectivity index (χ4v) is 9.04. The lowest BCUT2D eigenvalue weighted by molar-refractivity contribution is -0.759. The molecule has 1 aliphatic carbocycles. The average Bonchev–Trinajstić information content (AvgIpc) is 3.81. The number of benzene rings is 3. The Hall–Kier alpha value is -4.64. The zero-order chi connectivity index (χ0) is 40.2. The number of aliphatic imine (C=N–C) groups is 1. The molecule has 8 rings (SSSR count). The van der Waals surface area contributed by atoms with E-state index in [2.05, 4.69) is 11.2 Å². The minimum Gasteiger partial charge on any atom is -0.508 e. The lowest BCUT2D eigenvalue weighted by atomic mass is 9.72. The molecule has 57 heavy (non-hydrogen) atoms. The van der Waals surface area contributed by atoms with Gasteiger partial charge in [-0.15, -0.1) is 0 Å². The average molecular weight is 786 g/mol. The Morgan fingerprint density at radius 1 is 1.04 bits per heavy atom. The first-order valence-corrected chi connectivity index (χ1v) is 19.5. The number of nitrogens with zero attached hydrogens (tertiary/aromatic N) is 1. The van der Waals surface area contributed by atoms with Crippen molar-refractivity contribution in [1.82, 2.24) is 0 Å². The highest BCUT2D eigenvalue weighted by molar-refractivity contribution is 6.07. The van der Waals surface area contributed by atoms with Gasteiger partial charge in [-0.2, -0.15) is 0 Å². The van der Waals surface area contributed by atoms with Gasteiger partial charge in [0.25, 0.3) is 0 Å². The predicted molar refractivity (Wildman–Crippen MR) is 209 cm³/mol. The molecule has 3 aromatic carbocycles. The molecule has 0 spiro atoms. The van der Waals surface area contributed by atoms with Crippen LogP contribution in [0, 0.1) is 12.8 Å². The van der Waals surface area contributed by atoms with Gasteiger partial charge in [0.1, 0.15) is 77.9 Å². The molecule has 0 radical (unpaired) electrons. The number of phenolic OH excluding ortho intramolecular Hbond substituents is 2. The molecule has 8 N–H and O–H groups in total. The number of fused-ring (bicyclic) bond motifs is 4. The molecule has 302 valence electrons. The van der Waals surface area contributed by atoms with E-state index in [4.69, 9.17) is 18.9 Å². The van der Waals surface area contributed by atoms with Gasteiger partial charge in [-0.3, -0.25) is 14.7 Å². The number of aromatic hydroxyl groups is 2. The monoisotopic (exact) mass is 785 g/mol. The summed E-state index contributed by atoms with van der Waals surface area (Å²) in [4.78, 5) is 31.1. The lowest BCUT2D eigenvalue weighted by Crippen LogP contribution is -3.01. The van der Waals surface area contributed by atoms with E-state index in [1.54, 1.807) is 19.2 Å². The number of hydrogen-bond acceptors (Lipinski definition) is 13. The van der Waals surface area contributed by atoms with E-state index < -0.39 is 55.3 Å². The molecule has 0 amide bonds. The van der Waals surface area contributed by atoms with E-state index in [9.17, 15) is 40.5 Å². The van der Waals surface area contributed by atoms with Gasteiger partial charge >= 0.3 is 0 Å². The van der Waals surface area contributed by atoms with Crippen LogP contribution < -0.4 is 15.1 Å². The number of rotatable bonds is 12. The number of phenols is 2. The molecule has 7 atom stereocenters. The molecule has 14 heteroatoms. The molecule has 14 nitrogen and oxygen atoms in total. The summed E-state index contributed by atoms with van der Waals surface area (Å²) in [6.07, 6.45) is 3.78. The molecular weight excluding hydrogens is 736 g/mol. The zero-order valence-electron chi connectivity index (χ0n) is 31.9. The summed E-state index contributed by atoms with van der Waals surface area (Å²) in [6.45, 7) is 2.65. The van der Waals surface area contributed by atoms with Gasteiger partial charge in [0.05, 0.1) is 17.6 Å². The highest BCUT2D eigenvalue weighted by Crippen LogP contribution is 2.48. The minimum absolute atomic E-state index is 0.0294. The summed E-state index contributed by atoms with van der Waals surface area (Å²) in [5, 5.41) is 76.2. The predicted octanol–water partition coefficient (Wildman–Crippen LogP) is 2.69. The van der Waals surface area contributed by atoms with Crippen LogP contribution in [0.4, 0.5) is 5.69 Å². The Balaban J connectivity index is 1.16. The molecular formula is C43H49N2O12+. The molecule has 3 aliphatic heterocycles. The smallest absolute Gasteiger partial charge is 0.222 e. The van der Waals surface area contributed by atoms with Gasteiger partial charge in [-0.05, 0) is 74.0 Å². The third-order valence-corrected chi connectivity index (χ3v) is 12.3. The zero-order valence-corrected chi connectivity index (χ0v) is 31.9. The highest BCUT2D eigenvalue weighted by atomic mass is 17.2. The number of aliphatic hydroxyl groups is 5. The number of aliphatic hydroxyl groups excluding tert-OH is 4. The molecule has 1 saturated carbocycles. The van der Waals surface area contributed by atoms with Gasteiger partial charge in [0.15, 0.2) is 11.2 Å². The lowest BCUT2D eigenvalue weighted by Gasteiger charge is -2.47. The van der Waals surface area contributed by atoms with E-state index in [0.717, 1.165) is 48.3 Å². The van der Waals surface area contributed by atoms with Crippen molar-refractivity contribution in [3.05, 3.63) is 93.6 Å². The van der Waals surface area contributed by atoms with Crippen LogP contribution in [0.25, 0.3) is 21.7 Å². The van der Waals surface area contributed by atoms with Crippen LogP contribution in [0.2, 0.25) is 0 Å². The van der Waals surface area contributed by atoms with Gasteiger partial charge in [-0.1, -0.05) is 25.3 Å². The number of allylic oxidation sites excluding steroid dienone is 1. The molecule has 1 fully saturated rings. The molecule has 0 bridgehead atoms. The Morgan fingerprint density at radius 3 is 2.58 bits per heavy atom. The fraction of sp³-hybridized carbons (Fsp3) is 0.442. The third kappa shape index (κ3) is 7.14. The fourth-order valence-electron chi connectivity index (χ4n) is 9.04. The van der Waals surface area contributed by atoms with Crippen molar-refractivity contribution >= 4 is 33.1 Å². The summed E-state index contributed by atoms with van der Waals surface area (Å²) < 4.78 is 13.5. The van der Waals surface area contributed by atoms with E-state index in [-0.39, 0.29) is 29.3 Å². The van der Waals surface area contributed by atoms with Crippen molar-refractivity contribution in [2.75, 3.05) is 19.8 Å². The highest BCUT2D eigenvalue weighted by Gasteiger charge is 2.52. The van der Waals surface area contributed by atoms with Crippen molar-refractivity contribution in [3.63, 3.8) is 0 Å². The Bertz CT molecular complexity index is 2350. The van der Waals surface area contributed by atoms with Crippen molar-refractivity contribution < 1.29 is 59.6 Å². The van der Waals surface area contributed by atoms with Gasteiger partial charge in [-0.25, -0.2) is 9.78 Å². The van der Waals surface area contributed by atoms with Gasteiger partial charge < -0.3 is 44.9 Å². The van der Waals surface area contributed by atoms with Gasteiger partial charge in [0.2, 0.25) is 11.3 Å². The summed E-state index contributed by atoms with van der Waals surface area (Å²) in [6, 6.07) is 10.4. The van der Waals surface area contributed by atoms with Crippen molar-refractivity contribution in [3.8, 4) is 17.2 Å². The third-order valence-electron chi connectivity index (χ3n) is 12.3. The maximum Gasteiger partial charge on any atom is 0.222 e. The Kier molecular flexibility index (Phi) is 10.5. The molecule has 4 aliphatic rings. The first kappa shape index (κ1) is 39.2. The Morgan fingerprint density at radius 2 is 1.82 bits per heavy atom. The van der Waals surface area contributed by atoms with Crippen LogP contribution in [0.1, 0.15) is 55.9 Å². The van der Waals surface area contributed by atoms with Crippen LogP contribution in [0.5, 0.6) is 17.2 Å². The minimum atomic E-state index is -2.35. The molecule has 1 aromatic heterocycles. The molecule has 4 aromatic rings. The molecule has 7 unspecified atom stereocenters. The van der Waals surface area contributed by atoms with E-state index in [1.165, 1.54) is 36.4 Å². The number of hydrogen-bond donors (Lipinski definition) is 8. The number of quaternary nitrogens is 1. The number of aryl methyl sites for hydroxylation is 1. The standard InChI is InChI=1S/C43H48N2O12/c1-23-14-34(49)31-15-26-16-36(42(2,27-6-4-3-5-7-27)56-39(26)37(40(31)55-23)45-19-25-12-13-44-32(25)20-45)57-54-22-43(53,41(52)38(51)35(50)21-46)18-24-8-11-33(48)29-10-9-28(47)17-30(24)29/h8-15,17,19,27,35-36,38,41,46-48,50-53H,3-7,16,18,20-22H2,1-2H3/p+1. The van der Waals surface area contributed by atoms with Crippen LogP contribution in [0.3, 0.4) is 0 Å². The summed E-state index contributed by atoms with van der Waals surface area (Å²) in [5.41, 5.74) is 0.601. The van der Waals surface area contributed by atoms with Gasteiger partial charge in [0, 0.05) is 42.0 Å². The second kappa shape index (κ2) is 15.3. The summed E-state index contributed by atoms with van der Waals surface area (Å²) >= 11 is 0. The molecule has 4 heterocycles. The van der Waals surface area contributed by atoms with Crippen LogP contribution in [-0.2, 0) is 22.6 Å². The molecule has 0 saturated heterocycles. The quantitative estimate of drug-likeness (QED) is 0.0769. The second-order valence-corrected chi connectivity index (χ2v) is 16.1. The normalized spacial score (nSPS) is 24.7. The van der Waals surface area contributed by atoms with Crippen molar-refractivity contribution in [2.45, 2.75) is 94.4 Å². The van der Waals surface area contributed by atoms with Crippen molar-refractivity contribution in [1.29, 1.82) is 0 Å². The number of ether oxygens (including phenoxy) is 1. The Labute approximate surface area is 328 Å². The first-order valence-electron chi connectivity index (χ1n) is 19.5. The maximum absolute atomic E-state index is 13.5. The second-order valence-electron chi connectivity index (χ2n) is 16.1. The van der Waals surface area contributed by atoms with Crippen LogP contribution in [0.15, 0.2) is 80.7 Å². The van der Waals surface area contributed by atoms with E-state index in [0.29, 0.717) is 56.6 Å². The summed E-state index contributed by atoms with van der Waals surface area (Å²) in [5.74, 6) is 0.917. The topological polar surface area (TPSA) is 216 Å². The SMILES string of the molecule is Cc1cc(=O)c2cc3c(c([NH+]4C=C5C=CN=C5C4)c2o1)OC(C)(C1CCCCC1)C(OOCC(O)(Cc1ccc(O)c2ccc(O)cc12)C(O)C(O)C(O)CO)C3.